The third-order valence-electron chi connectivity index (χ3n) is 3.44. The van der Waals surface area contributed by atoms with Gasteiger partial charge in [0, 0.05) is 6.07 Å². The summed E-state index contributed by atoms with van der Waals surface area (Å²) in [4.78, 5) is 12.5. The van der Waals surface area contributed by atoms with Crippen LogP contribution in [-0.4, -0.2) is 6.61 Å². The summed E-state index contributed by atoms with van der Waals surface area (Å²) >= 11 is 0. The first-order valence-corrected chi connectivity index (χ1v) is 7.38. The smallest absolute Gasteiger partial charge is 0.235 e. The van der Waals surface area contributed by atoms with Gasteiger partial charge in [0.05, 0.1) is 5.39 Å². The average Bonchev–Trinajstić information content (AvgIpc) is 2.54. The van der Waals surface area contributed by atoms with E-state index < -0.39 is 0 Å². The maximum absolute atomic E-state index is 12.5. The molecule has 5 nitrogen and oxygen atoms in total. The quantitative estimate of drug-likeness (QED) is 0.723. The van der Waals surface area contributed by atoms with Crippen LogP contribution in [0.2, 0.25) is 0 Å². The van der Waals surface area contributed by atoms with Crippen molar-refractivity contribution in [2.75, 3.05) is 6.61 Å². The van der Waals surface area contributed by atoms with Gasteiger partial charge in [0.1, 0.15) is 29.4 Å². The number of nitrogens with zero attached hydrogens (tertiary/aromatic N) is 1. The molecule has 0 atom stereocenters. The van der Waals surface area contributed by atoms with Gasteiger partial charge in [0.2, 0.25) is 11.2 Å². The molecule has 0 saturated heterocycles. The molecule has 0 radical (unpaired) electrons. The number of benzene rings is 2. The molecule has 0 spiro atoms. The minimum atomic E-state index is -0.262. The average molecular weight is 321 g/mol. The van der Waals surface area contributed by atoms with Crippen molar-refractivity contribution in [3.8, 4) is 23.3 Å². The lowest BCUT2D eigenvalue weighted by molar-refractivity contribution is 0.367. The van der Waals surface area contributed by atoms with Gasteiger partial charge in [0.25, 0.3) is 0 Å². The molecule has 120 valence electrons. The Hall–Kier alpha value is -3.26. The highest BCUT2D eigenvalue weighted by molar-refractivity contribution is 5.79. The first-order valence-electron chi connectivity index (χ1n) is 7.38. The second-order valence-electron chi connectivity index (χ2n) is 5.46. The zero-order chi connectivity index (χ0) is 17.1. The fourth-order valence-electron chi connectivity index (χ4n) is 2.49. The lowest BCUT2D eigenvalue weighted by Gasteiger charge is -2.08. The van der Waals surface area contributed by atoms with Crippen molar-refractivity contribution in [3.63, 3.8) is 0 Å². The SMILES string of the molecule is Cc1cc(C)cc(Oc2coc3cc(OCC#N)ccc3c2=O)c1. The first-order chi connectivity index (χ1) is 11.6. The number of rotatable bonds is 4. The van der Waals surface area contributed by atoms with E-state index in [4.69, 9.17) is 19.2 Å². The number of nitriles is 1. The third-order valence-corrected chi connectivity index (χ3v) is 3.44. The van der Waals surface area contributed by atoms with Gasteiger partial charge in [0.15, 0.2) is 6.61 Å². The molecule has 2 aromatic carbocycles. The molecule has 3 aromatic rings. The lowest BCUT2D eigenvalue weighted by atomic mass is 10.1. The number of aryl methyl sites for hydroxylation is 2. The molecule has 0 saturated carbocycles. The Morgan fingerprint density at radius 1 is 1.08 bits per heavy atom. The Balaban J connectivity index is 1.97. The van der Waals surface area contributed by atoms with E-state index in [9.17, 15) is 4.79 Å². The van der Waals surface area contributed by atoms with Gasteiger partial charge in [-0.15, -0.1) is 0 Å². The summed E-state index contributed by atoms with van der Waals surface area (Å²) in [5.41, 5.74) is 2.22. The second kappa shape index (κ2) is 6.47. The van der Waals surface area contributed by atoms with Crippen molar-refractivity contribution in [3.05, 3.63) is 64.0 Å². The monoisotopic (exact) mass is 321 g/mol. The summed E-state index contributed by atoms with van der Waals surface area (Å²) in [7, 11) is 0. The van der Waals surface area contributed by atoms with Crippen LogP contribution in [0.4, 0.5) is 0 Å². The van der Waals surface area contributed by atoms with Crippen molar-refractivity contribution in [2.24, 2.45) is 0 Å². The van der Waals surface area contributed by atoms with Crippen LogP contribution >= 0.6 is 0 Å². The second-order valence-corrected chi connectivity index (χ2v) is 5.46. The fourth-order valence-corrected chi connectivity index (χ4v) is 2.49. The van der Waals surface area contributed by atoms with Gasteiger partial charge in [-0.05, 0) is 49.2 Å². The lowest BCUT2D eigenvalue weighted by Crippen LogP contribution is -2.05. The van der Waals surface area contributed by atoms with Crippen LogP contribution in [0.3, 0.4) is 0 Å². The maximum atomic E-state index is 12.5. The van der Waals surface area contributed by atoms with Gasteiger partial charge in [-0.2, -0.15) is 5.26 Å². The highest BCUT2D eigenvalue weighted by Crippen LogP contribution is 2.25. The molecule has 0 fully saturated rings. The fraction of sp³-hybridized carbons (Fsp3) is 0.158. The Morgan fingerprint density at radius 3 is 2.54 bits per heavy atom. The van der Waals surface area contributed by atoms with E-state index >= 15 is 0 Å². The largest absolute Gasteiger partial charge is 0.479 e. The van der Waals surface area contributed by atoms with Gasteiger partial charge >= 0.3 is 0 Å². The predicted octanol–water partition coefficient (Wildman–Crippen LogP) is 4.10. The first kappa shape index (κ1) is 15.6. The van der Waals surface area contributed by atoms with Crippen molar-refractivity contribution < 1.29 is 13.9 Å². The van der Waals surface area contributed by atoms with Gasteiger partial charge < -0.3 is 13.9 Å². The number of hydrogen-bond donors (Lipinski definition) is 0. The molecule has 0 aliphatic rings. The summed E-state index contributed by atoms with van der Waals surface area (Å²) < 4.78 is 16.4. The zero-order valence-electron chi connectivity index (χ0n) is 13.3. The molecule has 1 aromatic heterocycles. The zero-order valence-corrected chi connectivity index (χ0v) is 13.3. The number of fused-ring (bicyclic) bond motifs is 1. The third kappa shape index (κ3) is 3.23. The number of hydrogen-bond acceptors (Lipinski definition) is 5. The molecule has 1 heterocycles. The molecule has 3 rings (SSSR count). The standard InChI is InChI=1S/C19H15NO4/c1-12-7-13(2)9-15(8-12)24-18-11-23-17-10-14(22-6-5-20)3-4-16(17)19(18)21/h3-4,7-11H,6H2,1-2H3. The van der Waals surface area contributed by atoms with E-state index in [0.29, 0.717) is 22.5 Å². The van der Waals surface area contributed by atoms with Crippen molar-refractivity contribution in [1.29, 1.82) is 5.26 Å². The topological polar surface area (TPSA) is 72.5 Å². The van der Waals surface area contributed by atoms with Crippen LogP contribution in [0.5, 0.6) is 17.2 Å². The van der Waals surface area contributed by atoms with E-state index in [1.807, 2.05) is 38.1 Å². The van der Waals surface area contributed by atoms with Gasteiger partial charge in [-0.1, -0.05) is 6.07 Å². The molecule has 0 amide bonds. The molecule has 0 unspecified atom stereocenters. The number of ether oxygens (including phenoxy) is 2. The van der Waals surface area contributed by atoms with E-state index in [1.165, 1.54) is 6.26 Å². The van der Waals surface area contributed by atoms with E-state index in [2.05, 4.69) is 0 Å². The van der Waals surface area contributed by atoms with Crippen LogP contribution in [0.15, 0.2) is 51.9 Å². The van der Waals surface area contributed by atoms with E-state index in [-0.39, 0.29) is 17.8 Å². The van der Waals surface area contributed by atoms with Crippen molar-refractivity contribution in [2.45, 2.75) is 13.8 Å². The van der Waals surface area contributed by atoms with Gasteiger partial charge in [-0.25, -0.2) is 0 Å². The van der Waals surface area contributed by atoms with Crippen LogP contribution < -0.4 is 14.9 Å². The Morgan fingerprint density at radius 2 is 1.83 bits per heavy atom. The summed E-state index contributed by atoms with van der Waals surface area (Å²) in [5.74, 6) is 1.18. The molecule has 0 N–H and O–H groups in total. The van der Waals surface area contributed by atoms with Crippen LogP contribution in [0.25, 0.3) is 11.0 Å². The van der Waals surface area contributed by atoms with E-state index in [1.54, 1.807) is 18.2 Å². The molecular formula is C19H15NO4. The molecule has 5 heteroatoms. The summed E-state index contributed by atoms with van der Waals surface area (Å²) in [6.07, 6.45) is 1.29. The van der Waals surface area contributed by atoms with Gasteiger partial charge in [-0.3, -0.25) is 4.79 Å². The van der Waals surface area contributed by atoms with Crippen molar-refractivity contribution >= 4 is 11.0 Å². The Kier molecular flexibility index (Phi) is 4.21. The minimum absolute atomic E-state index is 0.0658. The summed E-state index contributed by atoms with van der Waals surface area (Å²) in [6, 6.07) is 12.4. The van der Waals surface area contributed by atoms with Crippen LogP contribution in [0.1, 0.15) is 11.1 Å². The van der Waals surface area contributed by atoms with E-state index in [0.717, 1.165) is 11.1 Å². The molecule has 0 aliphatic heterocycles. The van der Waals surface area contributed by atoms with Crippen LogP contribution in [-0.2, 0) is 0 Å². The highest BCUT2D eigenvalue weighted by atomic mass is 16.5. The molecule has 24 heavy (non-hydrogen) atoms. The maximum Gasteiger partial charge on any atom is 0.235 e. The normalized spacial score (nSPS) is 10.4. The predicted molar refractivity (Wildman–Crippen MR) is 89.6 cm³/mol. The molecular weight excluding hydrogens is 306 g/mol. The summed E-state index contributed by atoms with van der Waals surface area (Å²) in [5, 5.41) is 8.93. The highest BCUT2D eigenvalue weighted by Gasteiger charge is 2.10. The molecule has 0 aliphatic carbocycles. The minimum Gasteiger partial charge on any atom is -0.479 e. The van der Waals surface area contributed by atoms with Crippen molar-refractivity contribution in [1.82, 2.24) is 0 Å². The molecule has 0 bridgehead atoms. The Bertz CT molecular complexity index is 978. The Labute approximate surface area is 138 Å². The summed E-state index contributed by atoms with van der Waals surface area (Å²) in [6.45, 7) is 3.86. The van der Waals surface area contributed by atoms with Crippen LogP contribution in [0, 0.1) is 25.2 Å².